The van der Waals surface area contributed by atoms with E-state index in [2.05, 4.69) is 48.4 Å². The Hall–Kier alpha value is -2.21. The Morgan fingerprint density at radius 3 is 2.48 bits per heavy atom. The van der Waals surface area contributed by atoms with Gasteiger partial charge in [0.2, 0.25) is 5.16 Å². The van der Waals surface area contributed by atoms with Gasteiger partial charge in [0.1, 0.15) is 5.82 Å². The number of aryl methyl sites for hydroxylation is 2. The fourth-order valence-electron chi connectivity index (χ4n) is 2.23. The van der Waals surface area contributed by atoms with Crippen molar-refractivity contribution in [1.82, 2.24) is 20.2 Å². The molecule has 0 aliphatic carbocycles. The van der Waals surface area contributed by atoms with E-state index in [4.69, 9.17) is 0 Å². The molecule has 0 saturated heterocycles. The van der Waals surface area contributed by atoms with E-state index >= 15 is 0 Å². The third-order valence-corrected chi connectivity index (χ3v) is 4.89. The van der Waals surface area contributed by atoms with Crippen molar-refractivity contribution < 1.29 is 4.39 Å². The van der Waals surface area contributed by atoms with Gasteiger partial charge in [-0.1, -0.05) is 30.0 Å². The smallest absolute Gasteiger partial charge is 0.207 e. The molecule has 0 saturated carbocycles. The van der Waals surface area contributed by atoms with Gasteiger partial charge in [-0.05, 0) is 72.2 Å². The Bertz CT molecular complexity index is 814. The first kappa shape index (κ1) is 15.7. The molecule has 0 unspecified atom stereocenters. The third kappa shape index (κ3) is 3.42. The standard InChI is InChI=1S/C17H17FN4S/c1-11-4-9-16(10-12(11)2)22-17(19-20-21-22)23-13(3)14-5-7-15(18)8-6-14/h4-10,13H,1-3H3/t13-/m0/s1. The van der Waals surface area contributed by atoms with Gasteiger partial charge in [0, 0.05) is 5.25 Å². The van der Waals surface area contributed by atoms with Crippen molar-refractivity contribution in [2.75, 3.05) is 0 Å². The molecule has 3 aromatic rings. The maximum atomic E-state index is 13.0. The lowest BCUT2D eigenvalue weighted by Crippen LogP contribution is -2.01. The number of halogens is 1. The van der Waals surface area contributed by atoms with Gasteiger partial charge in [-0.25, -0.2) is 4.39 Å². The molecule has 4 nitrogen and oxygen atoms in total. The Balaban J connectivity index is 1.86. The van der Waals surface area contributed by atoms with Crippen molar-refractivity contribution in [3.8, 4) is 5.69 Å². The third-order valence-electron chi connectivity index (χ3n) is 3.80. The first-order valence-corrected chi connectivity index (χ1v) is 8.20. The van der Waals surface area contributed by atoms with E-state index < -0.39 is 0 Å². The number of benzene rings is 2. The lowest BCUT2D eigenvalue weighted by Gasteiger charge is -2.12. The van der Waals surface area contributed by atoms with E-state index in [1.54, 1.807) is 28.6 Å². The summed E-state index contributed by atoms with van der Waals surface area (Å²) in [5, 5.41) is 12.8. The molecule has 0 radical (unpaired) electrons. The number of nitrogens with zero attached hydrogens (tertiary/aromatic N) is 4. The van der Waals surface area contributed by atoms with Crippen molar-refractivity contribution in [2.45, 2.75) is 31.2 Å². The van der Waals surface area contributed by atoms with Crippen LogP contribution in [0.15, 0.2) is 47.6 Å². The van der Waals surface area contributed by atoms with Crippen LogP contribution in [0.4, 0.5) is 4.39 Å². The van der Waals surface area contributed by atoms with Gasteiger partial charge < -0.3 is 0 Å². The maximum absolute atomic E-state index is 13.0. The number of rotatable bonds is 4. The molecule has 0 aliphatic rings. The molecule has 23 heavy (non-hydrogen) atoms. The van der Waals surface area contributed by atoms with Crippen molar-refractivity contribution in [3.05, 3.63) is 65.0 Å². The second-order valence-electron chi connectivity index (χ2n) is 5.45. The summed E-state index contributed by atoms with van der Waals surface area (Å²) in [6.45, 7) is 6.19. The Morgan fingerprint density at radius 1 is 1.04 bits per heavy atom. The van der Waals surface area contributed by atoms with Crippen LogP contribution in [0.5, 0.6) is 0 Å². The fraction of sp³-hybridized carbons (Fsp3) is 0.235. The Kier molecular flexibility index (Phi) is 4.43. The first-order valence-electron chi connectivity index (χ1n) is 7.33. The summed E-state index contributed by atoms with van der Waals surface area (Å²) in [6.07, 6.45) is 0. The van der Waals surface area contributed by atoms with Gasteiger partial charge >= 0.3 is 0 Å². The zero-order valence-corrected chi connectivity index (χ0v) is 14.0. The normalized spacial score (nSPS) is 12.3. The van der Waals surface area contributed by atoms with Crippen LogP contribution in [-0.4, -0.2) is 20.2 Å². The van der Waals surface area contributed by atoms with Crippen molar-refractivity contribution in [3.63, 3.8) is 0 Å². The number of tetrazole rings is 1. The molecular weight excluding hydrogens is 311 g/mol. The molecular formula is C17H17FN4S. The molecule has 1 heterocycles. The summed E-state index contributed by atoms with van der Waals surface area (Å²) < 4.78 is 14.8. The van der Waals surface area contributed by atoms with Crippen LogP contribution in [0.2, 0.25) is 0 Å². The highest BCUT2D eigenvalue weighted by Gasteiger charge is 2.15. The lowest BCUT2D eigenvalue weighted by molar-refractivity contribution is 0.627. The second-order valence-corrected chi connectivity index (χ2v) is 6.76. The first-order chi connectivity index (χ1) is 11.0. The van der Waals surface area contributed by atoms with Crippen molar-refractivity contribution in [1.29, 1.82) is 0 Å². The molecule has 0 spiro atoms. The van der Waals surface area contributed by atoms with Crippen LogP contribution < -0.4 is 0 Å². The van der Waals surface area contributed by atoms with Crippen LogP contribution in [0.1, 0.15) is 28.9 Å². The minimum Gasteiger partial charge on any atom is -0.207 e. The molecule has 0 N–H and O–H groups in total. The quantitative estimate of drug-likeness (QED) is 0.671. The summed E-state index contributed by atoms with van der Waals surface area (Å²) in [5.74, 6) is -0.231. The topological polar surface area (TPSA) is 43.6 Å². The van der Waals surface area contributed by atoms with E-state index in [0.29, 0.717) is 5.16 Å². The van der Waals surface area contributed by atoms with E-state index in [0.717, 1.165) is 11.3 Å². The van der Waals surface area contributed by atoms with Gasteiger partial charge in [-0.15, -0.1) is 5.10 Å². The van der Waals surface area contributed by atoms with Crippen LogP contribution in [0.3, 0.4) is 0 Å². The molecule has 2 aromatic carbocycles. The van der Waals surface area contributed by atoms with Crippen LogP contribution in [0, 0.1) is 19.7 Å². The van der Waals surface area contributed by atoms with E-state index in [-0.39, 0.29) is 11.1 Å². The van der Waals surface area contributed by atoms with Crippen molar-refractivity contribution >= 4 is 11.8 Å². The molecule has 0 bridgehead atoms. The summed E-state index contributed by atoms with van der Waals surface area (Å²) >= 11 is 1.55. The van der Waals surface area contributed by atoms with Crippen LogP contribution in [0.25, 0.3) is 5.69 Å². The molecule has 3 rings (SSSR count). The SMILES string of the molecule is Cc1ccc(-n2nnnc2S[C@@H](C)c2ccc(F)cc2)cc1C. The summed E-state index contributed by atoms with van der Waals surface area (Å²) in [6, 6.07) is 12.7. The van der Waals surface area contributed by atoms with Gasteiger partial charge in [0.15, 0.2) is 0 Å². The summed E-state index contributed by atoms with van der Waals surface area (Å²) in [7, 11) is 0. The van der Waals surface area contributed by atoms with Gasteiger partial charge in [-0.2, -0.15) is 4.68 Å². The van der Waals surface area contributed by atoms with Crippen LogP contribution >= 0.6 is 11.8 Å². The molecule has 0 amide bonds. The highest BCUT2D eigenvalue weighted by molar-refractivity contribution is 7.99. The number of aromatic nitrogens is 4. The fourth-order valence-corrected chi connectivity index (χ4v) is 3.17. The average Bonchev–Trinajstić information content (AvgIpc) is 2.99. The zero-order chi connectivity index (χ0) is 16.4. The lowest BCUT2D eigenvalue weighted by atomic mass is 10.1. The van der Waals surface area contributed by atoms with Gasteiger partial charge in [-0.3, -0.25) is 0 Å². The average molecular weight is 328 g/mol. The maximum Gasteiger partial charge on any atom is 0.214 e. The highest BCUT2D eigenvalue weighted by Crippen LogP contribution is 2.34. The van der Waals surface area contributed by atoms with E-state index in [1.165, 1.54) is 23.3 Å². The number of thioether (sulfide) groups is 1. The summed E-state index contributed by atoms with van der Waals surface area (Å²) in [5.41, 5.74) is 4.40. The van der Waals surface area contributed by atoms with Gasteiger partial charge in [0.05, 0.1) is 5.69 Å². The molecule has 1 atom stereocenters. The molecule has 118 valence electrons. The van der Waals surface area contributed by atoms with Crippen molar-refractivity contribution in [2.24, 2.45) is 0 Å². The predicted molar refractivity (Wildman–Crippen MR) is 89.3 cm³/mol. The minimum atomic E-state index is -0.231. The molecule has 0 aliphatic heterocycles. The van der Waals surface area contributed by atoms with E-state index in [9.17, 15) is 4.39 Å². The second kappa shape index (κ2) is 6.50. The molecule has 1 aromatic heterocycles. The van der Waals surface area contributed by atoms with E-state index in [1.807, 2.05) is 6.07 Å². The largest absolute Gasteiger partial charge is 0.214 e. The predicted octanol–water partition coefficient (Wildman–Crippen LogP) is 4.27. The number of hydrogen-bond donors (Lipinski definition) is 0. The number of hydrogen-bond acceptors (Lipinski definition) is 4. The Morgan fingerprint density at radius 2 is 1.78 bits per heavy atom. The van der Waals surface area contributed by atoms with Crippen LogP contribution in [-0.2, 0) is 0 Å². The zero-order valence-electron chi connectivity index (χ0n) is 13.2. The van der Waals surface area contributed by atoms with Gasteiger partial charge in [0.25, 0.3) is 0 Å². The molecule has 0 fully saturated rings. The monoisotopic (exact) mass is 328 g/mol. The highest BCUT2D eigenvalue weighted by atomic mass is 32.2. The summed E-state index contributed by atoms with van der Waals surface area (Å²) in [4.78, 5) is 0. The Labute approximate surface area is 138 Å². The molecule has 6 heteroatoms. The minimum absolute atomic E-state index is 0.117.